The Hall–Kier alpha value is 1.04. The van der Waals surface area contributed by atoms with Crippen molar-refractivity contribution in [2.24, 2.45) is 10.8 Å². The molecular weight excluding hydrogens is 275 g/mol. The van der Waals surface area contributed by atoms with Crippen molar-refractivity contribution < 1.29 is 0 Å². The average Bonchev–Trinajstić information content (AvgIpc) is 1.49. The van der Waals surface area contributed by atoms with E-state index >= 15 is 0 Å². The second kappa shape index (κ2) is 4.51. The normalized spacial score (nSPS) is 14.0. The molecule has 0 aliphatic heterocycles. The molecule has 0 aromatic rings. The molecule has 0 aliphatic rings. The van der Waals surface area contributed by atoms with E-state index in [1.54, 1.807) is 0 Å². The summed E-state index contributed by atoms with van der Waals surface area (Å²) in [6, 6.07) is 0. The molecule has 0 spiro atoms. The van der Waals surface area contributed by atoms with Gasteiger partial charge in [0.15, 0.2) is 0 Å². The molecule has 0 heterocycles. The van der Waals surface area contributed by atoms with Crippen LogP contribution in [0.2, 0.25) is 10.4 Å². The number of hydrogen-bond acceptors (Lipinski definition) is 0. The molecule has 0 aliphatic carbocycles. The van der Waals surface area contributed by atoms with Gasteiger partial charge in [-0.05, 0) is 0 Å². The Labute approximate surface area is 89.3 Å². The molecule has 0 rings (SSSR count). The molecule has 74 valence electrons. The first kappa shape index (κ1) is 13.0. The van der Waals surface area contributed by atoms with E-state index in [-0.39, 0.29) is 0 Å². The van der Waals surface area contributed by atoms with E-state index in [0.29, 0.717) is 10.8 Å². The molecule has 0 aromatic heterocycles. The van der Waals surface area contributed by atoms with Crippen molar-refractivity contribution in [3.05, 3.63) is 0 Å². The quantitative estimate of drug-likeness (QED) is 0.660. The Morgan fingerprint density at radius 3 is 1.25 bits per heavy atom. The van der Waals surface area contributed by atoms with Crippen LogP contribution in [0.3, 0.4) is 0 Å². The number of halogens is 1. The van der Waals surface area contributed by atoms with Crippen LogP contribution >= 0.6 is 13.9 Å². The van der Waals surface area contributed by atoms with Crippen molar-refractivity contribution in [1.29, 1.82) is 0 Å². The van der Waals surface area contributed by atoms with E-state index in [1.807, 2.05) is 0 Å². The third kappa shape index (κ3) is 9.13. The van der Waals surface area contributed by atoms with Gasteiger partial charge in [0.05, 0.1) is 0 Å². The van der Waals surface area contributed by atoms with E-state index in [2.05, 4.69) is 55.5 Å². The maximum atomic E-state index is 3.90. The molecule has 0 aromatic carbocycles. The second-order valence-corrected chi connectivity index (χ2v) is 14.4. The van der Waals surface area contributed by atoms with E-state index in [9.17, 15) is 0 Å². The maximum absolute atomic E-state index is 3.90. The molecule has 0 bridgehead atoms. The van der Waals surface area contributed by atoms with Crippen LogP contribution in [0.1, 0.15) is 41.5 Å². The van der Waals surface area contributed by atoms with Crippen LogP contribution in [0.5, 0.6) is 0 Å². The number of hydrogen-bond donors (Lipinski definition) is 0. The van der Waals surface area contributed by atoms with Crippen molar-refractivity contribution in [2.75, 3.05) is 0 Å². The van der Waals surface area contributed by atoms with Gasteiger partial charge in [-0.25, -0.2) is 0 Å². The van der Waals surface area contributed by atoms with Gasteiger partial charge in [0.1, 0.15) is 0 Å². The van der Waals surface area contributed by atoms with Crippen molar-refractivity contribution in [3.63, 3.8) is 0 Å². The summed E-state index contributed by atoms with van der Waals surface area (Å²) in [6.07, 6.45) is 0. The fourth-order valence-electron chi connectivity index (χ4n) is 1.09. The predicted molar refractivity (Wildman–Crippen MR) is 63.2 cm³/mol. The topological polar surface area (TPSA) is 0 Å². The first-order valence-corrected chi connectivity index (χ1v) is 11.6. The molecule has 0 nitrogen and oxygen atoms in total. The number of rotatable bonds is 2. The first-order chi connectivity index (χ1) is 5.10. The zero-order valence-corrected chi connectivity index (χ0v) is 12.7. The monoisotopic (exact) mass is 296 g/mol. The molecule has 0 N–H and O–H groups in total. The Morgan fingerprint density at radius 1 is 0.833 bits per heavy atom. The summed E-state index contributed by atoms with van der Waals surface area (Å²) in [6.45, 7) is 14.0. The summed E-state index contributed by atoms with van der Waals surface area (Å²) in [5.74, 6) is 0. The van der Waals surface area contributed by atoms with Crippen molar-refractivity contribution >= 4 is 26.7 Å². The van der Waals surface area contributed by atoms with Crippen LogP contribution in [-0.2, 0) is 0 Å². The van der Waals surface area contributed by atoms with Gasteiger partial charge in [-0.3, -0.25) is 0 Å². The minimum absolute atomic E-state index is 0.509. The Balaban J connectivity index is 3.83. The van der Waals surface area contributed by atoms with Crippen molar-refractivity contribution in [3.8, 4) is 0 Å². The van der Waals surface area contributed by atoms with Gasteiger partial charge in [0, 0.05) is 0 Å². The SMILES string of the molecule is CC(C)(C)C[As](Br)CC(C)(C)C. The summed E-state index contributed by atoms with van der Waals surface area (Å²) in [4.78, 5) is 0. The zero-order chi connectivity index (χ0) is 9.99. The van der Waals surface area contributed by atoms with Crippen LogP contribution in [0.4, 0.5) is 0 Å². The summed E-state index contributed by atoms with van der Waals surface area (Å²) >= 11 is 3.19. The minimum atomic E-state index is -0.705. The van der Waals surface area contributed by atoms with E-state index < -0.39 is 12.8 Å². The molecule has 0 atom stereocenters. The molecule has 0 saturated heterocycles. The third-order valence-electron chi connectivity index (χ3n) is 1.29. The van der Waals surface area contributed by atoms with Crippen LogP contribution in [0, 0.1) is 10.8 Å². The molecule has 2 heteroatoms. The first-order valence-electron chi connectivity index (χ1n) is 4.51. The van der Waals surface area contributed by atoms with E-state index in [0.717, 1.165) is 0 Å². The zero-order valence-electron chi connectivity index (χ0n) is 9.24. The van der Waals surface area contributed by atoms with Crippen LogP contribution in [-0.4, -0.2) is 12.8 Å². The van der Waals surface area contributed by atoms with Gasteiger partial charge in [0.25, 0.3) is 0 Å². The van der Waals surface area contributed by atoms with Gasteiger partial charge >= 0.3 is 89.5 Å². The average molecular weight is 297 g/mol. The fourth-order valence-corrected chi connectivity index (χ4v) is 13.5. The van der Waals surface area contributed by atoms with Gasteiger partial charge in [-0.2, -0.15) is 0 Å². The van der Waals surface area contributed by atoms with Crippen LogP contribution in [0.15, 0.2) is 0 Å². The van der Waals surface area contributed by atoms with Gasteiger partial charge in [0.2, 0.25) is 0 Å². The van der Waals surface area contributed by atoms with E-state index in [4.69, 9.17) is 0 Å². The van der Waals surface area contributed by atoms with E-state index in [1.165, 1.54) is 10.4 Å². The molecule has 0 saturated carbocycles. The Bertz CT molecular complexity index is 114. The fraction of sp³-hybridized carbons (Fsp3) is 1.00. The standard InChI is InChI=1S/C10H22AsBr/c1-9(2,3)7-11(12)8-10(4,5)6/h7-8H2,1-6H3. The van der Waals surface area contributed by atoms with Crippen LogP contribution in [0.25, 0.3) is 0 Å². The van der Waals surface area contributed by atoms with Gasteiger partial charge < -0.3 is 0 Å². The summed E-state index contributed by atoms with van der Waals surface area (Å²) in [5, 5.41) is 2.80. The van der Waals surface area contributed by atoms with Crippen molar-refractivity contribution in [1.82, 2.24) is 0 Å². The third-order valence-corrected chi connectivity index (χ3v) is 9.32. The Morgan fingerprint density at radius 2 is 1.08 bits per heavy atom. The molecule has 0 amide bonds. The molecule has 12 heavy (non-hydrogen) atoms. The Kier molecular flexibility index (Phi) is 4.90. The van der Waals surface area contributed by atoms with Gasteiger partial charge in [-0.1, -0.05) is 0 Å². The van der Waals surface area contributed by atoms with Crippen molar-refractivity contribution in [2.45, 2.75) is 52.0 Å². The molecule has 0 radical (unpaired) electrons. The summed E-state index contributed by atoms with van der Waals surface area (Å²) in [5.41, 5.74) is 1.02. The summed E-state index contributed by atoms with van der Waals surface area (Å²) in [7, 11) is 0. The molecule has 0 unspecified atom stereocenters. The molecular formula is C10H22AsBr. The second-order valence-electron chi connectivity index (χ2n) is 5.90. The van der Waals surface area contributed by atoms with Gasteiger partial charge in [-0.15, -0.1) is 0 Å². The molecule has 0 fully saturated rings. The summed E-state index contributed by atoms with van der Waals surface area (Å²) < 4.78 is 0. The van der Waals surface area contributed by atoms with Crippen LogP contribution < -0.4 is 0 Å². The predicted octanol–water partition coefficient (Wildman–Crippen LogP) is 4.47.